The molecule has 1 amide bonds. The predicted molar refractivity (Wildman–Crippen MR) is 126 cm³/mol. The zero-order valence-electron chi connectivity index (χ0n) is 17.5. The van der Waals surface area contributed by atoms with Crippen molar-refractivity contribution in [3.63, 3.8) is 0 Å². The van der Waals surface area contributed by atoms with Crippen molar-refractivity contribution >= 4 is 34.2 Å². The summed E-state index contributed by atoms with van der Waals surface area (Å²) in [5.41, 5.74) is 1.67. The van der Waals surface area contributed by atoms with E-state index in [1.165, 1.54) is 36.4 Å². The number of amides is 1. The largest absolute Gasteiger partial charge is 0.618 e. The Hall–Kier alpha value is -4.43. The third kappa shape index (κ3) is 4.14. The van der Waals surface area contributed by atoms with Crippen LogP contribution in [0.5, 0.6) is 11.5 Å². The van der Waals surface area contributed by atoms with Gasteiger partial charge >= 0.3 is 5.91 Å². The number of nitrogens with one attached hydrogen (secondary N) is 2. The third-order valence-corrected chi connectivity index (χ3v) is 5.44. The van der Waals surface area contributed by atoms with Crippen LogP contribution in [0.4, 0.5) is 10.1 Å². The molecule has 3 heterocycles. The molecule has 0 fully saturated rings. The van der Waals surface area contributed by atoms with Gasteiger partial charge in [0.2, 0.25) is 5.69 Å². The fourth-order valence-corrected chi connectivity index (χ4v) is 3.72. The van der Waals surface area contributed by atoms with E-state index in [4.69, 9.17) is 16.3 Å². The van der Waals surface area contributed by atoms with Crippen LogP contribution >= 0.6 is 11.6 Å². The van der Waals surface area contributed by atoms with Crippen molar-refractivity contribution in [2.75, 3.05) is 5.32 Å². The Morgan fingerprint density at radius 3 is 2.68 bits per heavy atom. The minimum absolute atomic E-state index is 0.120. The van der Waals surface area contributed by atoms with E-state index in [9.17, 15) is 14.4 Å². The Balaban J connectivity index is 1.36. The number of aromatic amines is 1. The SMILES string of the molecule is O=C(Nc1ccc(Oc2ccnc3[nH]ccc23)c(Cl)c1)c1cccc(-c2ccc(F)cc2)[n+]1[O-]. The lowest BCUT2D eigenvalue weighted by atomic mass is 10.1. The van der Waals surface area contributed by atoms with Crippen molar-refractivity contribution in [1.82, 2.24) is 9.97 Å². The Labute approximate surface area is 198 Å². The number of ether oxygens (including phenoxy) is 1. The number of nitrogens with zero attached hydrogens (tertiary/aromatic N) is 2. The summed E-state index contributed by atoms with van der Waals surface area (Å²) in [7, 11) is 0. The molecule has 0 saturated carbocycles. The van der Waals surface area contributed by atoms with Gasteiger partial charge in [0.1, 0.15) is 23.0 Å². The Morgan fingerprint density at radius 1 is 1.06 bits per heavy atom. The fourth-order valence-electron chi connectivity index (χ4n) is 3.50. The van der Waals surface area contributed by atoms with Crippen molar-refractivity contribution in [1.29, 1.82) is 0 Å². The van der Waals surface area contributed by atoms with Gasteiger partial charge in [0.05, 0.1) is 10.4 Å². The van der Waals surface area contributed by atoms with Gasteiger partial charge in [0.25, 0.3) is 5.69 Å². The van der Waals surface area contributed by atoms with Crippen LogP contribution < -0.4 is 14.8 Å². The number of hydrogen-bond acceptors (Lipinski definition) is 4. The number of halogens is 2. The molecular formula is C25H16ClFN4O3. The molecule has 0 aliphatic carbocycles. The van der Waals surface area contributed by atoms with Gasteiger partial charge in [0, 0.05) is 35.8 Å². The quantitative estimate of drug-likeness (QED) is 0.252. The second-order valence-electron chi connectivity index (χ2n) is 7.35. The van der Waals surface area contributed by atoms with Crippen LogP contribution in [0.25, 0.3) is 22.3 Å². The number of rotatable bonds is 5. The minimum atomic E-state index is -0.619. The van der Waals surface area contributed by atoms with Crippen LogP contribution in [0, 0.1) is 11.0 Å². The Bertz CT molecular complexity index is 1520. The lowest BCUT2D eigenvalue weighted by Gasteiger charge is -2.12. The first-order valence-corrected chi connectivity index (χ1v) is 10.6. The first kappa shape index (κ1) is 21.4. The molecule has 2 aromatic carbocycles. The summed E-state index contributed by atoms with van der Waals surface area (Å²) in [4.78, 5) is 20.0. The number of hydrogen-bond donors (Lipinski definition) is 2. The molecule has 0 bridgehead atoms. The smallest absolute Gasteiger partial charge is 0.321 e. The number of carbonyl (C=O) groups is 1. The summed E-state index contributed by atoms with van der Waals surface area (Å²) in [5, 5.41) is 16.5. The van der Waals surface area contributed by atoms with Crippen LogP contribution in [-0.4, -0.2) is 15.9 Å². The van der Waals surface area contributed by atoms with Gasteiger partial charge in [0.15, 0.2) is 0 Å². The molecule has 3 aromatic heterocycles. The molecule has 9 heteroatoms. The molecule has 34 heavy (non-hydrogen) atoms. The highest BCUT2D eigenvalue weighted by molar-refractivity contribution is 6.32. The van der Waals surface area contributed by atoms with E-state index in [1.54, 1.807) is 42.7 Å². The maximum Gasteiger partial charge on any atom is 0.321 e. The fraction of sp³-hybridized carbons (Fsp3) is 0. The third-order valence-electron chi connectivity index (χ3n) is 5.15. The van der Waals surface area contributed by atoms with Crippen LogP contribution in [-0.2, 0) is 0 Å². The van der Waals surface area contributed by atoms with Crippen LogP contribution in [0.15, 0.2) is 85.2 Å². The average Bonchev–Trinajstić information content (AvgIpc) is 3.31. The number of fused-ring (bicyclic) bond motifs is 1. The Morgan fingerprint density at radius 2 is 1.88 bits per heavy atom. The van der Waals surface area contributed by atoms with Crippen molar-refractivity contribution in [2.24, 2.45) is 0 Å². The first-order chi connectivity index (χ1) is 16.5. The Kier molecular flexibility index (Phi) is 5.57. The number of pyridine rings is 2. The number of aromatic nitrogens is 3. The van der Waals surface area contributed by atoms with E-state index in [2.05, 4.69) is 15.3 Å². The molecule has 2 N–H and O–H groups in total. The van der Waals surface area contributed by atoms with Gasteiger partial charge in [-0.05, 0) is 60.7 Å². The summed E-state index contributed by atoms with van der Waals surface area (Å²) in [6.45, 7) is 0. The highest BCUT2D eigenvalue weighted by Crippen LogP contribution is 2.34. The van der Waals surface area contributed by atoms with Gasteiger partial charge in [-0.1, -0.05) is 11.6 Å². The summed E-state index contributed by atoms with van der Waals surface area (Å²) in [6, 6.07) is 18.3. The highest BCUT2D eigenvalue weighted by atomic mass is 35.5. The van der Waals surface area contributed by atoms with Gasteiger partial charge in [-0.25, -0.2) is 9.37 Å². The van der Waals surface area contributed by atoms with Gasteiger partial charge in [-0.2, -0.15) is 4.73 Å². The summed E-state index contributed by atoms with van der Waals surface area (Å²) in [6.07, 6.45) is 3.38. The number of anilines is 1. The van der Waals surface area contributed by atoms with Crippen LogP contribution in [0.1, 0.15) is 10.5 Å². The van der Waals surface area contributed by atoms with E-state index >= 15 is 0 Å². The lowest BCUT2D eigenvalue weighted by Crippen LogP contribution is -2.38. The molecule has 0 aliphatic rings. The van der Waals surface area contributed by atoms with E-state index < -0.39 is 11.7 Å². The summed E-state index contributed by atoms with van der Waals surface area (Å²) < 4.78 is 19.7. The topological polar surface area (TPSA) is 93.9 Å². The van der Waals surface area contributed by atoms with Gasteiger partial charge in [-0.15, -0.1) is 0 Å². The summed E-state index contributed by atoms with van der Waals surface area (Å²) in [5.74, 6) is -0.0618. The molecule has 0 spiro atoms. The van der Waals surface area contributed by atoms with Crippen LogP contribution in [0.3, 0.4) is 0 Å². The monoisotopic (exact) mass is 474 g/mol. The molecular weight excluding hydrogens is 459 g/mol. The lowest BCUT2D eigenvalue weighted by molar-refractivity contribution is -0.595. The van der Waals surface area contributed by atoms with Crippen molar-refractivity contribution in [3.05, 3.63) is 107 Å². The van der Waals surface area contributed by atoms with Gasteiger partial charge in [-0.3, -0.25) is 4.79 Å². The molecule has 0 aliphatic heterocycles. The number of carbonyl (C=O) groups excluding carboxylic acids is 1. The van der Waals surface area contributed by atoms with Crippen molar-refractivity contribution < 1.29 is 18.7 Å². The average molecular weight is 475 g/mol. The molecule has 5 aromatic rings. The van der Waals surface area contributed by atoms with E-state index in [1.807, 2.05) is 6.07 Å². The predicted octanol–water partition coefficient (Wildman–Crippen LogP) is 5.70. The molecule has 7 nitrogen and oxygen atoms in total. The van der Waals surface area contributed by atoms with E-state index in [-0.39, 0.29) is 16.4 Å². The zero-order chi connectivity index (χ0) is 23.7. The number of benzene rings is 2. The maximum absolute atomic E-state index is 13.2. The molecule has 0 radical (unpaired) electrons. The molecule has 0 unspecified atom stereocenters. The summed E-state index contributed by atoms with van der Waals surface area (Å²) >= 11 is 6.39. The second kappa shape index (κ2) is 8.84. The van der Waals surface area contributed by atoms with Gasteiger partial charge < -0.3 is 20.2 Å². The zero-order valence-corrected chi connectivity index (χ0v) is 18.2. The second-order valence-corrected chi connectivity index (χ2v) is 7.76. The first-order valence-electron chi connectivity index (χ1n) is 10.2. The normalized spacial score (nSPS) is 10.9. The van der Waals surface area contributed by atoms with Crippen LogP contribution in [0.2, 0.25) is 5.02 Å². The minimum Gasteiger partial charge on any atom is -0.618 e. The van der Waals surface area contributed by atoms with E-state index in [0.717, 1.165) is 5.39 Å². The molecule has 0 saturated heterocycles. The van der Waals surface area contributed by atoms with Crippen molar-refractivity contribution in [2.45, 2.75) is 0 Å². The van der Waals surface area contributed by atoms with E-state index in [0.29, 0.717) is 33.1 Å². The maximum atomic E-state index is 13.2. The van der Waals surface area contributed by atoms with Crippen molar-refractivity contribution in [3.8, 4) is 22.8 Å². The molecule has 5 rings (SSSR count). The molecule has 168 valence electrons. The number of H-pyrrole nitrogens is 1. The molecule has 0 atom stereocenters. The standard InChI is InChI=1S/C25H16ClFN4O3/c26-19-14-17(8-9-23(19)34-22-11-13-29-24-18(22)10-12-28-24)30-25(32)21-3-1-2-20(31(21)33)15-4-6-16(27)7-5-15/h1-14H,(H,28,29)(H,30,32). The highest BCUT2D eigenvalue weighted by Gasteiger charge is 2.20.